The van der Waals surface area contributed by atoms with Gasteiger partial charge in [-0.25, -0.2) is 10.2 Å². The Hall–Kier alpha value is -1.63. The van der Waals surface area contributed by atoms with Crippen LogP contribution >= 0.6 is 11.3 Å². The monoisotopic (exact) mass is 243 g/mol. The molecule has 0 bridgehead atoms. The number of carbonyl (C=O) groups excluding carboxylic acids is 2. The smallest absolute Gasteiger partial charge is 0.355 e. The van der Waals surface area contributed by atoms with Crippen molar-refractivity contribution in [2.24, 2.45) is 12.1 Å². The van der Waals surface area contributed by atoms with Crippen molar-refractivity contribution in [3.63, 3.8) is 0 Å². The normalized spacial score (nSPS) is 11.3. The summed E-state index contributed by atoms with van der Waals surface area (Å²) in [5, 5.41) is 5.48. The van der Waals surface area contributed by atoms with Crippen LogP contribution in [0.15, 0.2) is 10.5 Å². The molecule has 1 aromatic heterocycles. The predicted octanol–water partition coefficient (Wildman–Crippen LogP) is 0.215. The number of nitrogens with one attached hydrogen (secondary N) is 1. The van der Waals surface area contributed by atoms with E-state index in [1.807, 2.05) is 0 Å². The second-order valence-corrected chi connectivity index (χ2v) is 3.80. The molecule has 0 fully saturated rings. The molecule has 1 amide bonds. The van der Waals surface area contributed by atoms with E-state index in [0.717, 1.165) is 0 Å². The lowest BCUT2D eigenvalue weighted by molar-refractivity contribution is -0.119. The summed E-state index contributed by atoms with van der Waals surface area (Å²) in [6, 6.07) is 0. The van der Waals surface area contributed by atoms with E-state index in [1.54, 1.807) is 23.9 Å². The number of rotatable bonds is 3. The fourth-order valence-corrected chi connectivity index (χ4v) is 1.81. The van der Waals surface area contributed by atoms with Crippen LogP contribution in [0.4, 0.5) is 0 Å². The molecule has 0 atom stereocenters. The van der Waals surface area contributed by atoms with Crippen molar-refractivity contribution < 1.29 is 14.3 Å². The van der Waals surface area contributed by atoms with Crippen molar-refractivity contribution in [1.29, 1.82) is 0 Å². The molecule has 88 valence electrons. The summed E-state index contributed by atoms with van der Waals surface area (Å²) in [6.07, 6.45) is 0. The van der Waals surface area contributed by atoms with Crippen LogP contribution in [0.1, 0.15) is 24.3 Å². The number of esters is 1. The summed E-state index contributed by atoms with van der Waals surface area (Å²) in [4.78, 5) is 22.6. The number of amides is 1. The summed E-state index contributed by atoms with van der Waals surface area (Å²) in [5.74, 6) is -0.656. The molecule has 6 nitrogen and oxygen atoms in total. The molecule has 16 heavy (non-hydrogen) atoms. The van der Waals surface area contributed by atoms with Crippen LogP contribution in [0, 0.1) is 0 Å². The number of nitrogens with zero attached hydrogens (tertiary/aromatic N) is 2. The number of hydrogen-bond donors (Lipinski definition) is 1. The Morgan fingerprint density at radius 2 is 2.31 bits per heavy atom. The van der Waals surface area contributed by atoms with Crippen LogP contribution in [0.2, 0.25) is 0 Å². The molecule has 0 aromatic carbocycles. The van der Waals surface area contributed by atoms with Crippen LogP contribution in [0.25, 0.3) is 0 Å². The van der Waals surface area contributed by atoms with Crippen molar-refractivity contribution >= 4 is 23.2 Å². The molecule has 0 aliphatic rings. The Morgan fingerprint density at radius 1 is 1.62 bits per heavy atom. The summed E-state index contributed by atoms with van der Waals surface area (Å²) in [5.41, 5.74) is 2.72. The standard InChI is InChI=1S/C9H13N3O3S/c1-4-15-8(14)7-5-16-9(12(7)3)11-10-6(2)13/h5H,4H2,1-3H3,(H,10,13). The molecule has 1 rings (SSSR count). The average Bonchev–Trinajstić information content (AvgIpc) is 2.57. The Labute approximate surface area is 96.5 Å². The number of hydrogen-bond acceptors (Lipinski definition) is 5. The van der Waals surface area contributed by atoms with Crippen LogP contribution < -0.4 is 10.2 Å². The van der Waals surface area contributed by atoms with Gasteiger partial charge in [0, 0.05) is 19.4 Å². The molecule has 0 spiro atoms. The molecule has 1 aromatic rings. The molecular weight excluding hydrogens is 230 g/mol. The van der Waals surface area contributed by atoms with Crippen molar-refractivity contribution in [2.75, 3.05) is 6.61 Å². The van der Waals surface area contributed by atoms with Gasteiger partial charge in [-0.1, -0.05) is 0 Å². The second kappa shape index (κ2) is 5.45. The number of thiazole rings is 1. The number of ether oxygens (including phenoxy) is 1. The summed E-state index contributed by atoms with van der Waals surface area (Å²) in [7, 11) is 1.68. The van der Waals surface area contributed by atoms with Gasteiger partial charge in [0.15, 0.2) is 0 Å². The maximum Gasteiger partial charge on any atom is 0.355 e. The van der Waals surface area contributed by atoms with E-state index in [0.29, 0.717) is 17.1 Å². The van der Waals surface area contributed by atoms with Crippen molar-refractivity contribution in [1.82, 2.24) is 9.99 Å². The lowest BCUT2D eigenvalue weighted by atomic mass is 10.5. The van der Waals surface area contributed by atoms with Crippen LogP contribution in [-0.2, 0) is 16.6 Å². The summed E-state index contributed by atoms with van der Waals surface area (Å²) >= 11 is 1.25. The summed E-state index contributed by atoms with van der Waals surface area (Å²) in [6.45, 7) is 3.43. The van der Waals surface area contributed by atoms with Gasteiger partial charge in [-0.2, -0.15) is 0 Å². The minimum Gasteiger partial charge on any atom is -0.461 e. The Morgan fingerprint density at radius 3 is 2.88 bits per heavy atom. The number of aromatic nitrogens is 1. The highest BCUT2D eigenvalue weighted by molar-refractivity contribution is 7.07. The lowest BCUT2D eigenvalue weighted by Crippen LogP contribution is -2.23. The van der Waals surface area contributed by atoms with Gasteiger partial charge in [0.05, 0.1) is 6.61 Å². The molecular formula is C9H13N3O3S. The quantitative estimate of drug-likeness (QED) is 0.609. The van der Waals surface area contributed by atoms with E-state index < -0.39 is 5.97 Å². The first-order valence-electron chi connectivity index (χ1n) is 4.68. The van der Waals surface area contributed by atoms with Crippen LogP contribution in [0.5, 0.6) is 0 Å². The highest BCUT2D eigenvalue weighted by atomic mass is 32.1. The van der Waals surface area contributed by atoms with Crippen molar-refractivity contribution in [3.05, 3.63) is 15.9 Å². The van der Waals surface area contributed by atoms with Crippen LogP contribution in [0.3, 0.4) is 0 Å². The minimum atomic E-state index is -0.398. The zero-order valence-corrected chi connectivity index (χ0v) is 10.1. The number of carbonyl (C=O) groups is 2. The molecule has 7 heteroatoms. The topological polar surface area (TPSA) is 72.7 Å². The molecule has 0 aliphatic carbocycles. The van der Waals surface area contributed by atoms with E-state index in [-0.39, 0.29) is 5.91 Å². The first-order chi connectivity index (χ1) is 7.56. The first-order valence-corrected chi connectivity index (χ1v) is 5.56. The molecule has 0 radical (unpaired) electrons. The van der Waals surface area contributed by atoms with Gasteiger partial charge in [0.2, 0.25) is 10.7 Å². The Balaban J connectivity index is 2.96. The third-order valence-electron chi connectivity index (χ3n) is 1.72. The Bertz CT molecular complexity index is 461. The largest absolute Gasteiger partial charge is 0.461 e. The van der Waals surface area contributed by atoms with Gasteiger partial charge in [-0.3, -0.25) is 4.79 Å². The minimum absolute atomic E-state index is 0.258. The van der Waals surface area contributed by atoms with Crippen LogP contribution in [-0.4, -0.2) is 23.1 Å². The Kier molecular flexibility index (Phi) is 4.24. The fraction of sp³-hybridized carbons (Fsp3) is 0.444. The lowest BCUT2D eigenvalue weighted by Gasteiger charge is -2.01. The molecule has 0 aliphatic heterocycles. The third-order valence-corrected chi connectivity index (χ3v) is 2.63. The van der Waals surface area contributed by atoms with E-state index >= 15 is 0 Å². The molecule has 0 saturated heterocycles. The fourth-order valence-electron chi connectivity index (χ4n) is 0.988. The van der Waals surface area contributed by atoms with E-state index in [4.69, 9.17) is 4.74 Å². The second-order valence-electron chi connectivity index (χ2n) is 2.96. The zero-order chi connectivity index (χ0) is 12.1. The zero-order valence-electron chi connectivity index (χ0n) is 9.31. The SMILES string of the molecule is CCOC(=O)c1csc(=NNC(C)=O)n1C. The average molecular weight is 243 g/mol. The van der Waals surface area contributed by atoms with Crippen molar-refractivity contribution in [2.45, 2.75) is 13.8 Å². The van der Waals surface area contributed by atoms with E-state index in [2.05, 4.69) is 10.5 Å². The molecule has 1 N–H and O–H groups in total. The van der Waals surface area contributed by atoms with E-state index in [1.165, 1.54) is 18.3 Å². The highest BCUT2D eigenvalue weighted by Crippen LogP contribution is 2.02. The predicted molar refractivity (Wildman–Crippen MR) is 58.6 cm³/mol. The molecule has 1 heterocycles. The first kappa shape index (κ1) is 12.4. The van der Waals surface area contributed by atoms with Gasteiger partial charge in [0.25, 0.3) is 0 Å². The van der Waals surface area contributed by atoms with Gasteiger partial charge in [0.1, 0.15) is 5.69 Å². The third kappa shape index (κ3) is 2.93. The van der Waals surface area contributed by atoms with Gasteiger partial charge >= 0.3 is 5.97 Å². The maximum atomic E-state index is 11.5. The van der Waals surface area contributed by atoms with E-state index in [9.17, 15) is 9.59 Å². The molecule has 0 saturated carbocycles. The van der Waals surface area contributed by atoms with Crippen molar-refractivity contribution in [3.8, 4) is 0 Å². The van der Waals surface area contributed by atoms with Gasteiger partial charge in [-0.15, -0.1) is 16.4 Å². The highest BCUT2D eigenvalue weighted by Gasteiger charge is 2.11. The molecule has 0 unspecified atom stereocenters. The summed E-state index contributed by atoms with van der Waals surface area (Å²) < 4.78 is 6.43. The van der Waals surface area contributed by atoms with Gasteiger partial charge in [-0.05, 0) is 6.92 Å². The van der Waals surface area contributed by atoms with Gasteiger partial charge < -0.3 is 9.30 Å². The maximum absolute atomic E-state index is 11.5.